The van der Waals surface area contributed by atoms with E-state index in [1.807, 2.05) is 13.8 Å². The van der Waals surface area contributed by atoms with E-state index in [9.17, 15) is 0 Å². The van der Waals surface area contributed by atoms with Crippen molar-refractivity contribution in [3.63, 3.8) is 0 Å². The first-order chi connectivity index (χ1) is 8.72. The Hall–Kier alpha value is -1.40. The van der Waals surface area contributed by atoms with Gasteiger partial charge in [-0.1, -0.05) is 0 Å². The van der Waals surface area contributed by atoms with Gasteiger partial charge in [0.2, 0.25) is 11.8 Å². The number of ether oxygens (including phenoxy) is 3. The molecule has 0 bridgehead atoms. The van der Waals surface area contributed by atoms with Crippen LogP contribution in [0, 0.1) is 0 Å². The van der Waals surface area contributed by atoms with Crippen LogP contribution in [-0.2, 0) is 9.47 Å². The minimum Gasteiger partial charge on any atom is -0.475 e. The molecule has 1 N–H and O–H groups in total. The van der Waals surface area contributed by atoms with Gasteiger partial charge in [0.1, 0.15) is 0 Å². The largest absolute Gasteiger partial charge is 0.475 e. The van der Waals surface area contributed by atoms with Gasteiger partial charge in [-0.3, -0.25) is 0 Å². The Morgan fingerprint density at radius 3 is 2.83 bits per heavy atom. The number of methoxy groups -OCH3 is 1. The van der Waals surface area contributed by atoms with Crippen LogP contribution in [0.2, 0.25) is 0 Å². The second kappa shape index (κ2) is 8.66. The normalized spacial score (nSPS) is 10.7. The minimum absolute atomic E-state index is 0.102. The van der Waals surface area contributed by atoms with Crippen molar-refractivity contribution in [3.05, 3.63) is 12.3 Å². The van der Waals surface area contributed by atoms with Gasteiger partial charge in [0.25, 0.3) is 0 Å². The lowest BCUT2D eigenvalue weighted by molar-refractivity contribution is 0.0758. The monoisotopic (exact) mass is 255 g/mol. The van der Waals surface area contributed by atoms with Gasteiger partial charge < -0.3 is 19.5 Å². The number of rotatable bonds is 9. The lowest BCUT2D eigenvalue weighted by atomic mass is 10.5. The zero-order valence-electron chi connectivity index (χ0n) is 11.2. The molecule has 0 aliphatic rings. The molecule has 0 radical (unpaired) electrons. The number of aromatic nitrogens is 2. The van der Waals surface area contributed by atoms with Gasteiger partial charge >= 0.3 is 0 Å². The molecule has 0 aromatic carbocycles. The van der Waals surface area contributed by atoms with Gasteiger partial charge in [-0.2, -0.15) is 4.98 Å². The number of nitrogens with zero attached hydrogens (tertiary/aromatic N) is 2. The summed E-state index contributed by atoms with van der Waals surface area (Å²) in [7, 11) is 1.65. The number of nitrogens with one attached hydrogen (secondary N) is 1. The van der Waals surface area contributed by atoms with Crippen molar-refractivity contribution in [1.82, 2.24) is 9.97 Å². The van der Waals surface area contributed by atoms with E-state index in [4.69, 9.17) is 14.2 Å². The highest BCUT2D eigenvalue weighted by Gasteiger charge is 2.01. The summed E-state index contributed by atoms with van der Waals surface area (Å²) in [6.45, 7) is 6.35. The van der Waals surface area contributed by atoms with E-state index in [-0.39, 0.29) is 6.10 Å². The second-order valence-corrected chi connectivity index (χ2v) is 3.92. The van der Waals surface area contributed by atoms with Crippen molar-refractivity contribution < 1.29 is 14.2 Å². The first-order valence-corrected chi connectivity index (χ1v) is 6.02. The summed E-state index contributed by atoms with van der Waals surface area (Å²) in [4.78, 5) is 8.32. The molecule has 1 rings (SSSR count). The van der Waals surface area contributed by atoms with E-state index in [2.05, 4.69) is 15.3 Å². The molecular weight excluding hydrogens is 234 g/mol. The molecule has 1 aromatic rings. The zero-order valence-corrected chi connectivity index (χ0v) is 11.2. The molecule has 102 valence electrons. The van der Waals surface area contributed by atoms with Gasteiger partial charge in [0.15, 0.2) is 0 Å². The fraction of sp³-hybridized carbons (Fsp3) is 0.667. The Bertz CT molecular complexity index is 334. The maximum atomic E-state index is 5.48. The van der Waals surface area contributed by atoms with Crippen LogP contribution in [0.25, 0.3) is 0 Å². The molecule has 0 unspecified atom stereocenters. The summed E-state index contributed by atoms with van der Waals surface area (Å²) in [6.07, 6.45) is 1.77. The molecule has 0 spiro atoms. The Morgan fingerprint density at radius 1 is 1.28 bits per heavy atom. The highest BCUT2D eigenvalue weighted by Crippen LogP contribution is 2.09. The molecule has 0 aliphatic heterocycles. The average Bonchev–Trinajstić information content (AvgIpc) is 2.33. The number of hydrogen-bond acceptors (Lipinski definition) is 6. The molecule has 1 aromatic heterocycles. The summed E-state index contributed by atoms with van der Waals surface area (Å²) in [6, 6.07) is 1.74. The van der Waals surface area contributed by atoms with Crippen LogP contribution in [0.1, 0.15) is 13.8 Å². The van der Waals surface area contributed by atoms with E-state index >= 15 is 0 Å². The number of hydrogen-bond donors (Lipinski definition) is 1. The topological polar surface area (TPSA) is 65.5 Å². The Balaban J connectivity index is 2.25. The van der Waals surface area contributed by atoms with Crippen molar-refractivity contribution in [3.8, 4) is 5.88 Å². The van der Waals surface area contributed by atoms with Crippen molar-refractivity contribution >= 4 is 5.95 Å². The molecule has 0 fully saturated rings. The van der Waals surface area contributed by atoms with Gasteiger partial charge in [0.05, 0.1) is 25.9 Å². The van der Waals surface area contributed by atoms with E-state index in [1.54, 1.807) is 19.4 Å². The van der Waals surface area contributed by atoms with E-state index in [0.717, 1.165) is 0 Å². The lowest BCUT2D eigenvalue weighted by Crippen LogP contribution is -2.14. The van der Waals surface area contributed by atoms with Crippen LogP contribution in [0.4, 0.5) is 5.95 Å². The maximum Gasteiger partial charge on any atom is 0.226 e. The fourth-order valence-electron chi connectivity index (χ4n) is 1.21. The van der Waals surface area contributed by atoms with Crippen LogP contribution in [-0.4, -0.2) is 49.5 Å². The van der Waals surface area contributed by atoms with Crippen LogP contribution < -0.4 is 10.1 Å². The lowest BCUT2D eigenvalue weighted by Gasteiger charge is -2.10. The third-order valence-electron chi connectivity index (χ3n) is 1.95. The van der Waals surface area contributed by atoms with Crippen LogP contribution in [0.3, 0.4) is 0 Å². The molecule has 0 saturated heterocycles. The van der Waals surface area contributed by atoms with E-state index in [0.29, 0.717) is 38.2 Å². The third-order valence-corrected chi connectivity index (χ3v) is 1.95. The van der Waals surface area contributed by atoms with Gasteiger partial charge in [-0.15, -0.1) is 0 Å². The summed E-state index contributed by atoms with van der Waals surface area (Å²) >= 11 is 0. The highest BCUT2D eigenvalue weighted by molar-refractivity contribution is 5.27. The Labute approximate surface area is 108 Å². The number of anilines is 1. The molecule has 6 nitrogen and oxygen atoms in total. The molecule has 0 amide bonds. The van der Waals surface area contributed by atoms with E-state index < -0.39 is 0 Å². The molecule has 1 heterocycles. The summed E-state index contributed by atoms with van der Waals surface area (Å²) in [5.41, 5.74) is 0. The predicted molar refractivity (Wildman–Crippen MR) is 69.0 cm³/mol. The molecule has 18 heavy (non-hydrogen) atoms. The minimum atomic E-state index is 0.102. The summed E-state index contributed by atoms with van der Waals surface area (Å²) < 4.78 is 15.7. The summed E-state index contributed by atoms with van der Waals surface area (Å²) in [5, 5.41) is 3.07. The fourth-order valence-corrected chi connectivity index (χ4v) is 1.21. The quantitative estimate of drug-likeness (QED) is 0.672. The predicted octanol–water partition coefficient (Wildman–Crippen LogP) is 1.34. The van der Waals surface area contributed by atoms with Crippen LogP contribution in [0.15, 0.2) is 12.3 Å². The van der Waals surface area contributed by atoms with E-state index in [1.165, 1.54) is 0 Å². The van der Waals surface area contributed by atoms with Gasteiger partial charge in [-0.05, 0) is 13.8 Å². The molecule has 0 aliphatic carbocycles. The molecular formula is C12H21N3O3. The first kappa shape index (κ1) is 14.7. The van der Waals surface area contributed by atoms with Crippen LogP contribution in [0.5, 0.6) is 5.88 Å². The SMILES string of the molecule is COCCOCCNc1nccc(OC(C)C)n1. The third kappa shape index (κ3) is 6.36. The molecule has 6 heteroatoms. The molecule has 0 saturated carbocycles. The average molecular weight is 255 g/mol. The highest BCUT2D eigenvalue weighted by atomic mass is 16.5. The summed E-state index contributed by atoms with van der Waals surface area (Å²) in [5.74, 6) is 1.12. The van der Waals surface area contributed by atoms with Crippen molar-refractivity contribution in [2.75, 3.05) is 38.8 Å². The van der Waals surface area contributed by atoms with Crippen LogP contribution >= 0.6 is 0 Å². The smallest absolute Gasteiger partial charge is 0.226 e. The van der Waals surface area contributed by atoms with Crippen molar-refractivity contribution in [2.24, 2.45) is 0 Å². The maximum absolute atomic E-state index is 5.48. The Kier molecular flexibility index (Phi) is 7.05. The van der Waals surface area contributed by atoms with Crippen molar-refractivity contribution in [2.45, 2.75) is 20.0 Å². The van der Waals surface area contributed by atoms with Gasteiger partial charge in [0, 0.05) is 25.9 Å². The van der Waals surface area contributed by atoms with Gasteiger partial charge in [-0.25, -0.2) is 4.98 Å². The standard InChI is InChI=1S/C12H21N3O3/c1-10(2)18-11-4-5-13-12(15-11)14-6-7-17-9-8-16-3/h4-5,10H,6-9H2,1-3H3,(H,13,14,15). The zero-order chi connectivity index (χ0) is 13.2. The Morgan fingerprint density at radius 2 is 2.11 bits per heavy atom. The second-order valence-electron chi connectivity index (χ2n) is 3.92. The van der Waals surface area contributed by atoms with Crippen molar-refractivity contribution in [1.29, 1.82) is 0 Å². The first-order valence-electron chi connectivity index (χ1n) is 6.02. The molecule has 0 atom stereocenters.